The Kier molecular flexibility index (Phi) is 6.41. The molecule has 1 aliphatic heterocycles. The van der Waals surface area contributed by atoms with Gasteiger partial charge in [0.2, 0.25) is 5.89 Å². The van der Waals surface area contributed by atoms with Crippen LogP contribution in [-0.4, -0.2) is 42.3 Å². The van der Waals surface area contributed by atoms with Crippen molar-refractivity contribution in [3.8, 4) is 23.0 Å². The summed E-state index contributed by atoms with van der Waals surface area (Å²) in [6.45, 7) is 4.57. The topological polar surface area (TPSA) is 68.0 Å². The predicted octanol–water partition coefficient (Wildman–Crippen LogP) is 4.67. The fraction of sp³-hybridized carbons (Fsp3) is 0.435. The summed E-state index contributed by atoms with van der Waals surface area (Å²) in [5, 5.41) is 12.6. The first kappa shape index (κ1) is 20.9. The number of piperidine rings is 1. The van der Waals surface area contributed by atoms with Crippen LogP contribution in [0.3, 0.4) is 0 Å². The number of aryl methyl sites for hydroxylation is 1. The summed E-state index contributed by atoms with van der Waals surface area (Å²) < 4.78 is 16.9. The van der Waals surface area contributed by atoms with Gasteiger partial charge in [-0.2, -0.15) is 0 Å². The number of oxazole rings is 1. The van der Waals surface area contributed by atoms with Crippen LogP contribution in [0.15, 0.2) is 40.1 Å². The van der Waals surface area contributed by atoms with Gasteiger partial charge in [0.1, 0.15) is 5.76 Å². The first-order valence-electron chi connectivity index (χ1n) is 10.2. The van der Waals surface area contributed by atoms with Crippen molar-refractivity contribution in [1.29, 1.82) is 0 Å². The molecule has 0 unspecified atom stereocenters. The highest BCUT2D eigenvalue weighted by Gasteiger charge is 2.28. The van der Waals surface area contributed by atoms with E-state index in [0.29, 0.717) is 23.3 Å². The molecule has 1 aromatic carbocycles. The van der Waals surface area contributed by atoms with Crippen LogP contribution in [0, 0.1) is 12.8 Å². The second-order valence-electron chi connectivity index (χ2n) is 7.64. The highest BCUT2D eigenvalue weighted by atomic mass is 32.1. The van der Waals surface area contributed by atoms with Crippen LogP contribution in [0.5, 0.6) is 11.5 Å². The second kappa shape index (κ2) is 9.20. The van der Waals surface area contributed by atoms with Crippen LogP contribution >= 0.6 is 11.3 Å². The fourth-order valence-corrected chi connectivity index (χ4v) is 4.88. The number of rotatable bonds is 7. The molecule has 1 N–H and O–H groups in total. The molecule has 3 heterocycles. The Hall–Kier alpha value is -2.35. The van der Waals surface area contributed by atoms with Crippen molar-refractivity contribution in [3.63, 3.8) is 0 Å². The van der Waals surface area contributed by atoms with Gasteiger partial charge in [0.15, 0.2) is 11.5 Å². The lowest BCUT2D eigenvalue weighted by molar-refractivity contribution is 0.0586. The Balaban J connectivity index is 1.43. The van der Waals surface area contributed by atoms with E-state index in [1.165, 1.54) is 0 Å². The molecule has 0 amide bonds. The summed E-state index contributed by atoms with van der Waals surface area (Å²) in [4.78, 5) is 8.21. The van der Waals surface area contributed by atoms with Gasteiger partial charge in [-0.3, -0.25) is 4.90 Å². The van der Waals surface area contributed by atoms with Crippen LogP contribution in [0.25, 0.3) is 11.5 Å². The molecule has 0 aliphatic carbocycles. The number of thiophene rings is 1. The van der Waals surface area contributed by atoms with E-state index in [0.717, 1.165) is 54.4 Å². The largest absolute Gasteiger partial charge is 0.493 e. The number of aliphatic hydroxyl groups excluding tert-OH is 1. The summed E-state index contributed by atoms with van der Waals surface area (Å²) in [6, 6.07) is 9.71. The summed E-state index contributed by atoms with van der Waals surface area (Å²) in [7, 11) is 3.24. The number of aromatic nitrogens is 1. The Morgan fingerprint density at radius 2 is 2.00 bits per heavy atom. The summed E-state index contributed by atoms with van der Waals surface area (Å²) in [5.41, 5.74) is 1.72. The maximum atomic E-state index is 10.6. The maximum Gasteiger partial charge on any atom is 0.230 e. The smallest absolute Gasteiger partial charge is 0.230 e. The van der Waals surface area contributed by atoms with Crippen LogP contribution < -0.4 is 9.47 Å². The van der Waals surface area contributed by atoms with E-state index < -0.39 is 0 Å². The lowest BCUT2D eigenvalue weighted by Gasteiger charge is -2.33. The van der Waals surface area contributed by atoms with Crippen LogP contribution in [0.1, 0.15) is 35.3 Å². The number of ether oxygens (including phenoxy) is 2. The summed E-state index contributed by atoms with van der Waals surface area (Å²) >= 11 is 1.63. The van der Waals surface area contributed by atoms with Gasteiger partial charge in [-0.25, -0.2) is 4.98 Å². The number of para-hydroxylation sites is 1. The Labute approximate surface area is 181 Å². The van der Waals surface area contributed by atoms with Gasteiger partial charge in [0.25, 0.3) is 0 Å². The standard InChI is InChI=1S/C23H28N2O4S/c1-15-18(24-23(29-15)17-6-4-7-19(27-2)22(17)28-3)14-25-11-9-16(10-12-25)21(26)20-8-5-13-30-20/h4-8,13,16,21,26H,9-12,14H2,1-3H3/t21-/m0/s1. The number of likely N-dealkylation sites (tertiary alicyclic amines) is 1. The molecule has 1 fully saturated rings. The van der Waals surface area contributed by atoms with Crippen molar-refractivity contribution >= 4 is 11.3 Å². The average molecular weight is 429 g/mol. The van der Waals surface area contributed by atoms with Crippen molar-refractivity contribution in [2.75, 3.05) is 27.3 Å². The van der Waals surface area contributed by atoms with E-state index in [-0.39, 0.29) is 6.10 Å². The third-order valence-electron chi connectivity index (χ3n) is 5.81. The molecule has 0 bridgehead atoms. The minimum absolute atomic E-state index is 0.315. The van der Waals surface area contributed by atoms with Crippen molar-refractivity contribution in [3.05, 3.63) is 52.0 Å². The molecule has 1 aliphatic rings. The van der Waals surface area contributed by atoms with Crippen LogP contribution in [-0.2, 0) is 6.54 Å². The minimum Gasteiger partial charge on any atom is -0.493 e. The number of hydrogen-bond donors (Lipinski definition) is 1. The minimum atomic E-state index is -0.354. The fourth-order valence-electron chi connectivity index (χ4n) is 4.08. The molecule has 3 aromatic rings. The predicted molar refractivity (Wildman–Crippen MR) is 117 cm³/mol. The van der Waals surface area contributed by atoms with Crippen molar-refractivity contribution in [2.45, 2.75) is 32.4 Å². The highest BCUT2D eigenvalue weighted by Crippen LogP contribution is 2.38. The van der Waals surface area contributed by atoms with Crippen LogP contribution in [0.4, 0.5) is 0 Å². The molecular formula is C23H28N2O4S. The van der Waals surface area contributed by atoms with Crippen molar-refractivity contribution < 1.29 is 19.0 Å². The van der Waals surface area contributed by atoms with Crippen molar-refractivity contribution in [2.24, 2.45) is 5.92 Å². The SMILES string of the molecule is COc1cccc(-c2nc(CN3CCC([C@H](O)c4cccs4)CC3)c(C)o2)c1OC. The molecule has 0 saturated carbocycles. The lowest BCUT2D eigenvalue weighted by atomic mass is 9.90. The van der Waals surface area contributed by atoms with E-state index >= 15 is 0 Å². The number of hydrogen-bond acceptors (Lipinski definition) is 7. The number of nitrogens with zero attached hydrogens (tertiary/aromatic N) is 2. The Bertz CT molecular complexity index is 962. The summed E-state index contributed by atoms with van der Waals surface area (Å²) in [5.74, 6) is 2.95. The van der Waals surface area contributed by atoms with E-state index in [1.54, 1.807) is 25.6 Å². The van der Waals surface area contributed by atoms with Gasteiger partial charge in [-0.15, -0.1) is 11.3 Å². The quantitative estimate of drug-likeness (QED) is 0.590. The van der Waals surface area contributed by atoms with Gasteiger partial charge in [0.05, 0.1) is 31.6 Å². The number of aliphatic hydroxyl groups is 1. The molecule has 160 valence electrons. The van der Waals surface area contributed by atoms with E-state index in [9.17, 15) is 5.11 Å². The Morgan fingerprint density at radius 3 is 2.67 bits per heavy atom. The van der Waals surface area contributed by atoms with E-state index in [4.69, 9.17) is 18.9 Å². The molecule has 2 aromatic heterocycles. The van der Waals surface area contributed by atoms with E-state index in [2.05, 4.69) is 4.90 Å². The molecule has 30 heavy (non-hydrogen) atoms. The molecule has 0 spiro atoms. The lowest BCUT2D eigenvalue weighted by Crippen LogP contribution is -2.35. The average Bonchev–Trinajstić information content (AvgIpc) is 3.43. The van der Waals surface area contributed by atoms with Gasteiger partial charge < -0.3 is 19.0 Å². The molecule has 7 heteroatoms. The normalized spacial score (nSPS) is 16.5. The second-order valence-corrected chi connectivity index (χ2v) is 8.62. The third kappa shape index (κ3) is 4.24. The van der Waals surface area contributed by atoms with Gasteiger partial charge in [-0.05, 0) is 62.4 Å². The molecular weight excluding hydrogens is 400 g/mol. The molecule has 1 atom stereocenters. The first-order valence-corrected chi connectivity index (χ1v) is 11.1. The maximum absolute atomic E-state index is 10.6. The van der Waals surface area contributed by atoms with Gasteiger partial charge in [0, 0.05) is 11.4 Å². The first-order chi connectivity index (χ1) is 14.6. The monoisotopic (exact) mass is 428 g/mol. The van der Waals surface area contributed by atoms with Crippen LogP contribution in [0.2, 0.25) is 0 Å². The zero-order valence-electron chi connectivity index (χ0n) is 17.6. The molecule has 0 radical (unpaired) electrons. The van der Waals surface area contributed by atoms with Gasteiger partial charge in [-0.1, -0.05) is 12.1 Å². The third-order valence-corrected chi connectivity index (χ3v) is 6.76. The van der Waals surface area contributed by atoms with E-state index in [1.807, 2.05) is 42.6 Å². The zero-order chi connectivity index (χ0) is 21.1. The summed E-state index contributed by atoms with van der Waals surface area (Å²) in [6.07, 6.45) is 1.60. The Morgan fingerprint density at radius 1 is 1.20 bits per heavy atom. The molecule has 4 rings (SSSR count). The van der Waals surface area contributed by atoms with Crippen molar-refractivity contribution in [1.82, 2.24) is 9.88 Å². The van der Waals surface area contributed by atoms with Gasteiger partial charge >= 0.3 is 0 Å². The highest BCUT2D eigenvalue weighted by molar-refractivity contribution is 7.10. The number of methoxy groups -OCH3 is 2. The zero-order valence-corrected chi connectivity index (χ0v) is 18.4. The molecule has 6 nitrogen and oxygen atoms in total. The molecule has 1 saturated heterocycles. The number of benzene rings is 1.